The monoisotopic (exact) mass is 219 g/mol. The van der Waals surface area contributed by atoms with Gasteiger partial charge in [0, 0.05) is 12.7 Å². The fourth-order valence-corrected chi connectivity index (χ4v) is 2.46. The summed E-state index contributed by atoms with van der Waals surface area (Å²) in [6.07, 6.45) is 10.2. The first-order valence-corrected chi connectivity index (χ1v) is 6.38. The number of hydrogen-bond donors (Lipinski definition) is 1. The van der Waals surface area contributed by atoms with Gasteiger partial charge in [0.15, 0.2) is 0 Å². The molecule has 0 amide bonds. The van der Waals surface area contributed by atoms with Gasteiger partial charge in [-0.1, -0.05) is 25.7 Å². The number of aromatic nitrogens is 2. The van der Waals surface area contributed by atoms with Crippen molar-refractivity contribution in [3.63, 3.8) is 0 Å². The Labute approximate surface area is 97.7 Å². The molecule has 0 bridgehead atoms. The molecule has 1 aromatic rings. The first-order valence-electron chi connectivity index (χ1n) is 6.38. The average Bonchev–Trinajstić information content (AvgIpc) is 2.77. The maximum Gasteiger partial charge on any atom is 0.129 e. The molecule has 1 aliphatic carbocycles. The van der Waals surface area contributed by atoms with Crippen molar-refractivity contribution in [1.29, 1.82) is 0 Å². The third kappa shape index (κ3) is 3.47. The molecule has 0 spiro atoms. The molecule has 88 valence electrons. The maximum atomic E-state index is 4.32. The van der Waals surface area contributed by atoms with Crippen molar-refractivity contribution in [2.24, 2.45) is 5.92 Å². The molecule has 0 saturated heterocycles. The average molecular weight is 219 g/mol. The molecule has 3 heteroatoms. The van der Waals surface area contributed by atoms with E-state index in [2.05, 4.69) is 15.3 Å². The highest BCUT2D eigenvalue weighted by Gasteiger charge is 2.13. The number of rotatable bonds is 5. The first-order chi connectivity index (χ1) is 7.84. The molecule has 0 radical (unpaired) electrons. The van der Waals surface area contributed by atoms with E-state index in [-0.39, 0.29) is 0 Å². The molecule has 3 nitrogen and oxygen atoms in total. The van der Waals surface area contributed by atoms with E-state index in [0.717, 1.165) is 24.1 Å². The second kappa shape index (κ2) is 5.83. The number of anilines is 1. The van der Waals surface area contributed by atoms with Crippen LogP contribution >= 0.6 is 0 Å². The predicted octanol–water partition coefficient (Wildman–Crippen LogP) is 3.17. The van der Waals surface area contributed by atoms with Crippen molar-refractivity contribution in [2.45, 2.75) is 45.4 Å². The van der Waals surface area contributed by atoms with Gasteiger partial charge in [0.1, 0.15) is 11.6 Å². The van der Waals surface area contributed by atoms with Crippen molar-refractivity contribution >= 4 is 5.82 Å². The van der Waals surface area contributed by atoms with Crippen molar-refractivity contribution in [1.82, 2.24) is 9.97 Å². The number of aryl methyl sites for hydroxylation is 1. The van der Waals surface area contributed by atoms with E-state index in [1.165, 1.54) is 38.5 Å². The minimum atomic E-state index is 0.834. The number of nitrogens with zero attached hydrogens (tertiary/aromatic N) is 2. The van der Waals surface area contributed by atoms with E-state index in [1.807, 2.05) is 19.2 Å². The van der Waals surface area contributed by atoms with E-state index >= 15 is 0 Å². The lowest BCUT2D eigenvalue weighted by atomic mass is 10.0. The van der Waals surface area contributed by atoms with Gasteiger partial charge in [0.2, 0.25) is 0 Å². The predicted molar refractivity (Wildman–Crippen MR) is 66.5 cm³/mol. The van der Waals surface area contributed by atoms with Crippen LogP contribution in [0, 0.1) is 12.8 Å². The van der Waals surface area contributed by atoms with Crippen molar-refractivity contribution in [3.05, 3.63) is 18.1 Å². The molecule has 1 aromatic heterocycles. The van der Waals surface area contributed by atoms with Gasteiger partial charge >= 0.3 is 0 Å². The summed E-state index contributed by atoms with van der Waals surface area (Å²) in [5, 5.41) is 3.36. The summed E-state index contributed by atoms with van der Waals surface area (Å²) in [4.78, 5) is 8.40. The lowest BCUT2D eigenvalue weighted by Gasteiger charge is -2.09. The van der Waals surface area contributed by atoms with Crippen LogP contribution in [-0.4, -0.2) is 16.5 Å². The molecular weight excluding hydrogens is 198 g/mol. The Morgan fingerprint density at radius 3 is 2.94 bits per heavy atom. The summed E-state index contributed by atoms with van der Waals surface area (Å²) in [5.41, 5.74) is 0. The molecule has 1 saturated carbocycles. The van der Waals surface area contributed by atoms with Crippen LogP contribution in [0.5, 0.6) is 0 Å². The summed E-state index contributed by atoms with van der Waals surface area (Å²) in [6, 6.07) is 1.93. The topological polar surface area (TPSA) is 37.8 Å². The highest BCUT2D eigenvalue weighted by atomic mass is 15.0. The van der Waals surface area contributed by atoms with Crippen LogP contribution in [0.1, 0.15) is 44.3 Å². The Hall–Kier alpha value is -1.12. The molecule has 2 rings (SSSR count). The van der Waals surface area contributed by atoms with Gasteiger partial charge < -0.3 is 5.32 Å². The summed E-state index contributed by atoms with van der Waals surface area (Å²) in [7, 11) is 0. The Balaban J connectivity index is 1.64. The molecule has 1 aliphatic rings. The van der Waals surface area contributed by atoms with E-state index in [1.54, 1.807) is 0 Å². The zero-order valence-corrected chi connectivity index (χ0v) is 10.1. The van der Waals surface area contributed by atoms with Crippen molar-refractivity contribution in [2.75, 3.05) is 11.9 Å². The van der Waals surface area contributed by atoms with Crippen molar-refractivity contribution < 1.29 is 0 Å². The van der Waals surface area contributed by atoms with Crippen LogP contribution in [0.25, 0.3) is 0 Å². The second-order valence-corrected chi connectivity index (χ2v) is 4.71. The largest absolute Gasteiger partial charge is 0.370 e. The third-order valence-electron chi connectivity index (χ3n) is 3.35. The van der Waals surface area contributed by atoms with Crippen LogP contribution < -0.4 is 5.32 Å². The number of hydrogen-bond acceptors (Lipinski definition) is 3. The highest BCUT2D eigenvalue weighted by Crippen LogP contribution is 2.28. The quantitative estimate of drug-likeness (QED) is 0.773. The maximum absolute atomic E-state index is 4.32. The summed E-state index contributed by atoms with van der Waals surface area (Å²) in [6.45, 7) is 2.96. The van der Waals surface area contributed by atoms with E-state index in [9.17, 15) is 0 Å². The minimum Gasteiger partial charge on any atom is -0.370 e. The fraction of sp³-hybridized carbons (Fsp3) is 0.692. The molecule has 16 heavy (non-hydrogen) atoms. The molecule has 0 atom stereocenters. The van der Waals surface area contributed by atoms with E-state index < -0.39 is 0 Å². The van der Waals surface area contributed by atoms with Gasteiger partial charge in [-0.05, 0) is 31.7 Å². The standard InChI is InChI=1S/C13H21N3/c1-11-14-10-8-13(16-11)15-9-4-7-12-5-2-3-6-12/h8,10,12H,2-7,9H2,1H3,(H,14,15,16). The van der Waals surface area contributed by atoms with Gasteiger partial charge in [-0.3, -0.25) is 0 Å². The normalized spacial score (nSPS) is 16.6. The second-order valence-electron chi connectivity index (χ2n) is 4.71. The lowest BCUT2D eigenvalue weighted by Crippen LogP contribution is -2.06. The molecule has 1 N–H and O–H groups in total. The van der Waals surface area contributed by atoms with Crippen LogP contribution in [0.4, 0.5) is 5.82 Å². The van der Waals surface area contributed by atoms with Crippen LogP contribution in [0.2, 0.25) is 0 Å². The van der Waals surface area contributed by atoms with Gasteiger partial charge in [-0.15, -0.1) is 0 Å². The van der Waals surface area contributed by atoms with Gasteiger partial charge in [-0.25, -0.2) is 9.97 Å². The zero-order chi connectivity index (χ0) is 11.2. The summed E-state index contributed by atoms with van der Waals surface area (Å²) in [5.74, 6) is 2.79. The molecule has 0 aliphatic heterocycles. The Morgan fingerprint density at radius 1 is 1.38 bits per heavy atom. The first kappa shape index (κ1) is 11.4. The van der Waals surface area contributed by atoms with Crippen molar-refractivity contribution in [3.8, 4) is 0 Å². The SMILES string of the molecule is Cc1nccc(NCCCC2CCCC2)n1. The smallest absolute Gasteiger partial charge is 0.129 e. The zero-order valence-electron chi connectivity index (χ0n) is 10.1. The van der Waals surface area contributed by atoms with Gasteiger partial charge in [-0.2, -0.15) is 0 Å². The van der Waals surface area contributed by atoms with E-state index in [0.29, 0.717) is 0 Å². The molecule has 1 fully saturated rings. The summed E-state index contributed by atoms with van der Waals surface area (Å²) >= 11 is 0. The third-order valence-corrected chi connectivity index (χ3v) is 3.35. The summed E-state index contributed by atoms with van der Waals surface area (Å²) < 4.78 is 0. The molecule has 0 aromatic carbocycles. The Bertz CT molecular complexity index is 319. The lowest BCUT2D eigenvalue weighted by molar-refractivity contribution is 0.491. The highest BCUT2D eigenvalue weighted by molar-refractivity contribution is 5.32. The molecule has 0 unspecified atom stereocenters. The van der Waals surface area contributed by atoms with Crippen LogP contribution in [-0.2, 0) is 0 Å². The molecular formula is C13H21N3. The van der Waals surface area contributed by atoms with Gasteiger partial charge in [0.25, 0.3) is 0 Å². The van der Waals surface area contributed by atoms with Crippen LogP contribution in [0.3, 0.4) is 0 Å². The van der Waals surface area contributed by atoms with E-state index in [4.69, 9.17) is 0 Å². The minimum absolute atomic E-state index is 0.834. The van der Waals surface area contributed by atoms with Crippen LogP contribution in [0.15, 0.2) is 12.3 Å². The number of nitrogens with one attached hydrogen (secondary N) is 1. The Morgan fingerprint density at radius 2 is 2.19 bits per heavy atom. The van der Waals surface area contributed by atoms with Gasteiger partial charge in [0.05, 0.1) is 0 Å². The fourth-order valence-electron chi connectivity index (χ4n) is 2.46. The Kier molecular flexibility index (Phi) is 4.14. The molecule has 1 heterocycles.